The van der Waals surface area contributed by atoms with Gasteiger partial charge in [0.1, 0.15) is 16.5 Å². The minimum absolute atomic E-state index is 0.0733. The molecule has 0 saturated heterocycles. The molecule has 0 atom stereocenters. The molecule has 3 aromatic rings. The van der Waals surface area contributed by atoms with E-state index in [4.69, 9.17) is 4.74 Å². The molecule has 27 heavy (non-hydrogen) atoms. The van der Waals surface area contributed by atoms with Crippen LogP contribution in [0.1, 0.15) is 11.3 Å². The monoisotopic (exact) mass is 384 g/mol. The molecule has 2 heterocycles. The molecule has 0 aliphatic rings. The summed E-state index contributed by atoms with van der Waals surface area (Å²) < 4.78 is 33.0. The third kappa shape index (κ3) is 4.73. The number of hydrogen-bond acceptors (Lipinski definition) is 6. The molecule has 0 aliphatic carbocycles. The fraction of sp³-hybridized carbons (Fsp3) is 0.158. The molecule has 7 nitrogen and oxygen atoms in total. The first-order valence-electron chi connectivity index (χ1n) is 8.25. The summed E-state index contributed by atoms with van der Waals surface area (Å²) in [6, 6.07) is 14.0. The number of nitrogens with one attached hydrogen (secondary N) is 2. The third-order valence-corrected chi connectivity index (χ3v) is 5.19. The quantitative estimate of drug-likeness (QED) is 0.650. The first-order valence-corrected chi connectivity index (χ1v) is 9.73. The molecule has 0 aliphatic heterocycles. The highest BCUT2D eigenvalue weighted by Crippen LogP contribution is 2.26. The zero-order chi connectivity index (χ0) is 19.3. The number of sulfonamides is 1. The van der Waals surface area contributed by atoms with E-state index in [1.807, 2.05) is 25.1 Å². The summed E-state index contributed by atoms with van der Waals surface area (Å²) in [5, 5.41) is 3.19. The highest BCUT2D eigenvalue weighted by Gasteiger charge is 2.20. The predicted octanol–water partition coefficient (Wildman–Crippen LogP) is 3.21. The maximum atomic E-state index is 12.7. The fourth-order valence-corrected chi connectivity index (χ4v) is 3.70. The van der Waals surface area contributed by atoms with Crippen LogP contribution in [0.4, 0.5) is 11.5 Å². The third-order valence-electron chi connectivity index (χ3n) is 3.81. The van der Waals surface area contributed by atoms with Crippen molar-refractivity contribution in [3.8, 4) is 5.75 Å². The molecule has 1 aromatic carbocycles. The summed E-state index contributed by atoms with van der Waals surface area (Å²) in [5.74, 6) is 0.503. The van der Waals surface area contributed by atoms with Crippen molar-refractivity contribution in [3.05, 3.63) is 72.2 Å². The Hall–Kier alpha value is -3.13. The zero-order valence-corrected chi connectivity index (χ0v) is 15.8. The lowest BCUT2D eigenvalue weighted by atomic mass is 10.2. The summed E-state index contributed by atoms with van der Waals surface area (Å²) in [5.41, 5.74) is 2.48. The first-order chi connectivity index (χ1) is 13.0. The molecule has 0 bridgehead atoms. The molecule has 2 aromatic heterocycles. The molecular weight excluding hydrogens is 364 g/mol. The van der Waals surface area contributed by atoms with Crippen LogP contribution in [-0.2, 0) is 16.6 Å². The number of aromatic nitrogens is 2. The van der Waals surface area contributed by atoms with Gasteiger partial charge in [0.25, 0.3) is 10.0 Å². The molecule has 0 unspecified atom stereocenters. The lowest BCUT2D eigenvalue weighted by molar-refractivity contribution is 0.402. The molecule has 0 fully saturated rings. The molecule has 3 rings (SSSR count). The molecule has 0 radical (unpaired) electrons. The van der Waals surface area contributed by atoms with E-state index in [1.54, 1.807) is 42.7 Å². The number of methoxy groups -OCH3 is 1. The van der Waals surface area contributed by atoms with Crippen LogP contribution in [0, 0.1) is 6.92 Å². The Kier molecular flexibility index (Phi) is 5.56. The number of rotatable bonds is 7. The number of benzene rings is 1. The average molecular weight is 384 g/mol. The SMILES string of the molecule is COc1ccc(C)cc1S(=O)(=O)Nc1ccc(NCc2ccccn2)cn1. The van der Waals surface area contributed by atoms with Gasteiger partial charge < -0.3 is 10.1 Å². The van der Waals surface area contributed by atoms with Gasteiger partial charge in [-0.1, -0.05) is 12.1 Å². The topological polar surface area (TPSA) is 93.2 Å². The Morgan fingerprint density at radius 3 is 2.59 bits per heavy atom. The Morgan fingerprint density at radius 2 is 1.93 bits per heavy atom. The van der Waals surface area contributed by atoms with Crippen molar-refractivity contribution in [2.45, 2.75) is 18.4 Å². The molecule has 0 spiro atoms. The lowest BCUT2D eigenvalue weighted by Gasteiger charge is -2.12. The van der Waals surface area contributed by atoms with Gasteiger partial charge in [0.05, 0.1) is 31.2 Å². The molecule has 2 N–H and O–H groups in total. The predicted molar refractivity (Wildman–Crippen MR) is 104 cm³/mol. The van der Waals surface area contributed by atoms with Crippen LogP contribution in [0.5, 0.6) is 5.75 Å². The highest BCUT2D eigenvalue weighted by molar-refractivity contribution is 7.92. The summed E-state index contributed by atoms with van der Waals surface area (Å²) >= 11 is 0. The Labute approximate surface area is 158 Å². The first kappa shape index (κ1) is 18.7. The number of anilines is 2. The summed E-state index contributed by atoms with van der Waals surface area (Å²) in [6.07, 6.45) is 3.29. The fourth-order valence-electron chi connectivity index (χ4n) is 2.44. The van der Waals surface area contributed by atoms with Crippen LogP contribution >= 0.6 is 0 Å². The van der Waals surface area contributed by atoms with Crippen LogP contribution in [0.25, 0.3) is 0 Å². The molecule has 8 heteroatoms. The summed E-state index contributed by atoms with van der Waals surface area (Å²) in [7, 11) is -2.38. The molecular formula is C19H20N4O3S. The summed E-state index contributed by atoms with van der Waals surface area (Å²) in [4.78, 5) is 8.47. The zero-order valence-electron chi connectivity index (χ0n) is 15.0. The van der Waals surface area contributed by atoms with E-state index in [0.29, 0.717) is 6.54 Å². The van der Waals surface area contributed by atoms with Gasteiger partial charge in [0, 0.05) is 6.20 Å². The maximum absolute atomic E-state index is 12.7. The second kappa shape index (κ2) is 8.05. The number of nitrogens with zero attached hydrogens (tertiary/aromatic N) is 2. The van der Waals surface area contributed by atoms with Gasteiger partial charge in [-0.3, -0.25) is 9.71 Å². The van der Waals surface area contributed by atoms with E-state index < -0.39 is 10.0 Å². The van der Waals surface area contributed by atoms with Gasteiger partial charge in [-0.25, -0.2) is 13.4 Å². The van der Waals surface area contributed by atoms with Crippen LogP contribution in [0.2, 0.25) is 0 Å². The number of ether oxygens (including phenoxy) is 1. The van der Waals surface area contributed by atoms with Gasteiger partial charge in [-0.2, -0.15) is 0 Å². The van der Waals surface area contributed by atoms with Crippen LogP contribution in [0.15, 0.2) is 65.8 Å². The van der Waals surface area contributed by atoms with Crippen molar-refractivity contribution in [1.82, 2.24) is 9.97 Å². The molecule has 0 amide bonds. The maximum Gasteiger partial charge on any atom is 0.266 e. The van der Waals surface area contributed by atoms with Gasteiger partial charge in [-0.15, -0.1) is 0 Å². The van der Waals surface area contributed by atoms with Crippen molar-refractivity contribution in [2.75, 3.05) is 17.1 Å². The van der Waals surface area contributed by atoms with Gasteiger partial charge in [0.15, 0.2) is 0 Å². The minimum atomic E-state index is -3.81. The van der Waals surface area contributed by atoms with E-state index in [-0.39, 0.29) is 16.5 Å². The highest BCUT2D eigenvalue weighted by atomic mass is 32.2. The number of aryl methyl sites for hydroxylation is 1. The molecule has 140 valence electrons. The normalized spacial score (nSPS) is 11.0. The second-order valence-corrected chi connectivity index (χ2v) is 7.52. The van der Waals surface area contributed by atoms with Crippen LogP contribution in [-0.4, -0.2) is 25.5 Å². The second-order valence-electron chi connectivity index (χ2n) is 5.87. The molecule has 0 saturated carbocycles. The van der Waals surface area contributed by atoms with Crippen molar-refractivity contribution in [3.63, 3.8) is 0 Å². The van der Waals surface area contributed by atoms with E-state index in [0.717, 1.165) is 16.9 Å². The standard InChI is InChI=1S/C19H20N4O3S/c1-14-6-8-17(26-2)18(11-14)27(24,25)23-19-9-7-16(13-22-19)21-12-15-5-3-4-10-20-15/h3-11,13,21H,12H2,1-2H3,(H,22,23). The Morgan fingerprint density at radius 1 is 1.07 bits per heavy atom. The van der Waals surface area contributed by atoms with E-state index in [1.165, 1.54) is 7.11 Å². The Balaban J connectivity index is 1.71. The van der Waals surface area contributed by atoms with E-state index in [2.05, 4.69) is 20.0 Å². The lowest BCUT2D eigenvalue weighted by Crippen LogP contribution is -2.15. The smallest absolute Gasteiger partial charge is 0.266 e. The average Bonchev–Trinajstić information content (AvgIpc) is 2.68. The van der Waals surface area contributed by atoms with Gasteiger partial charge >= 0.3 is 0 Å². The number of pyridine rings is 2. The van der Waals surface area contributed by atoms with Gasteiger partial charge in [0.2, 0.25) is 0 Å². The largest absolute Gasteiger partial charge is 0.495 e. The van der Waals surface area contributed by atoms with Crippen molar-refractivity contribution >= 4 is 21.5 Å². The van der Waals surface area contributed by atoms with Crippen molar-refractivity contribution in [2.24, 2.45) is 0 Å². The van der Waals surface area contributed by atoms with Crippen LogP contribution < -0.4 is 14.8 Å². The van der Waals surface area contributed by atoms with E-state index >= 15 is 0 Å². The van der Waals surface area contributed by atoms with Crippen molar-refractivity contribution in [1.29, 1.82) is 0 Å². The summed E-state index contributed by atoms with van der Waals surface area (Å²) in [6.45, 7) is 2.37. The van der Waals surface area contributed by atoms with Gasteiger partial charge in [-0.05, 0) is 48.9 Å². The van der Waals surface area contributed by atoms with Crippen molar-refractivity contribution < 1.29 is 13.2 Å². The van der Waals surface area contributed by atoms with Crippen LogP contribution in [0.3, 0.4) is 0 Å². The van der Waals surface area contributed by atoms with E-state index in [9.17, 15) is 8.42 Å². The Bertz CT molecular complexity index is 1010. The number of hydrogen-bond donors (Lipinski definition) is 2. The minimum Gasteiger partial charge on any atom is -0.495 e.